The third kappa shape index (κ3) is 3.21. The summed E-state index contributed by atoms with van der Waals surface area (Å²) in [6.45, 7) is 9.27. The molecule has 1 aliphatic rings. The average Bonchev–Trinajstić information content (AvgIpc) is 2.15. The standard InChI is InChI=1S/C15H27N/c1-12-8-7-11-15(3,4)14(12)10-9-13(2)16(5)6/h9-10,13H,7-8,11H2,1-6H3. The average molecular weight is 221 g/mol. The Bertz CT molecular complexity index is 295. The Kier molecular flexibility index (Phi) is 4.37. The lowest BCUT2D eigenvalue weighted by atomic mass is 9.72. The molecule has 0 fully saturated rings. The Morgan fingerprint density at radius 1 is 1.31 bits per heavy atom. The van der Waals surface area contributed by atoms with Gasteiger partial charge in [-0.2, -0.15) is 0 Å². The van der Waals surface area contributed by atoms with Crippen molar-refractivity contribution in [2.24, 2.45) is 5.41 Å². The largest absolute Gasteiger partial charge is 0.303 e. The molecule has 0 amide bonds. The first-order valence-electron chi connectivity index (χ1n) is 6.39. The molecule has 0 N–H and O–H groups in total. The number of hydrogen-bond donors (Lipinski definition) is 0. The van der Waals surface area contributed by atoms with E-state index in [1.54, 1.807) is 11.1 Å². The molecule has 1 rings (SSSR count). The van der Waals surface area contributed by atoms with Crippen molar-refractivity contribution < 1.29 is 0 Å². The predicted octanol–water partition coefficient (Wildman–Crippen LogP) is 4.02. The fraction of sp³-hybridized carbons (Fsp3) is 0.733. The first-order chi connectivity index (χ1) is 7.34. The smallest absolute Gasteiger partial charge is 0.0246 e. The lowest BCUT2D eigenvalue weighted by Crippen LogP contribution is -2.23. The van der Waals surface area contributed by atoms with Crippen molar-refractivity contribution in [3.05, 3.63) is 23.3 Å². The number of nitrogens with zero attached hydrogens (tertiary/aromatic N) is 1. The molecule has 0 bridgehead atoms. The zero-order valence-electron chi connectivity index (χ0n) is 11.8. The normalized spacial score (nSPS) is 23.2. The van der Waals surface area contributed by atoms with Crippen LogP contribution in [0.4, 0.5) is 0 Å². The van der Waals surface area contributed by atoms with Gasteiger partial charge in [-0.15, -0.1) is 0 Å². The zero-order chi connectivity index (χ0) is 12.3. The number of hydrogen-bond acceptors (Lipinski definition) is 1. The van der Waals surface area contributed by atoms with E-state index in [0.29, 0.717) is 11.5 Å². The zero-order valence-corrected chi connectivity index (χ0v) is 11.8. The van der Waals surface area contributed by atoms with Gasteiger partial charge in [0.25, 0.3) is 0 Å². The molecule has 1 nitrogen and oxygen atoms in total. The number of rotatable bonds is 3. The van der Waals surface area contributed by atoms with E-state index in [4.69, 9.17) is 0 Å². The van der Waals surface area contributed by atoms with Crippen molar-refractivity contribution in [3.63, 3.8) is 0 Å². The third-order valence-electron chi connectivity index (χ3n) is 3.90. The molecule has 0 aromatic rings. The SMILES string of the molecule is CC1=C(C=CC(C)N(C)C)C(C)(C)CCC1. The Morgan fingerprint density at radius 2 is 1.94 bits per heavy atom. The van der Waals surface area contributed by atoms with Gasteiger partial charge in [-0.1, -0.05) is 31.6 Å². The van der Waals surface area contributed by atoms with Crippen LogP contribution in [0.25, 0.3) is 0 Å². The second-order valence-corrected chi connectivity index (χ2v) is 5.99. The third-order valence-corrected chi connectivity index (χ3v) is 3.90. The molecule has 1 aliphatic carbocycles. The molecule has 0 aliphatic heterocycles. The highest BCUT2D eigenvalue weighted by Gasteiger charge is 2.26. The van der Waals surface area contributed by atoms with Crippen LogP contribution < -0.4 is 0 Å². The summed E-state index contributed by atoms with van der Waals surface area (Å²) in [5, 5.41) is 0. The molecule has 0 radical (unpaired) electrons. The van der Waals surface area contributed by atoms with E-state index in [2.05, 4.69) is 58.8 Å². The van der Waals surface area contributed by atoms with Crippen molar-refractivity contribution in [1.82, 2.24) is 4.90 Å². The van der Waals surface area contributed by atoms with E-state index in [1.165, 1.54) is 19.3 Å². The maximum atomic E-state index is 2.37. The van der Waals surface area contributed by atoms with Gasteiger partial charge in [0.1, 0.15) is 0 Å². The minimum atomic E-state index is 0.366. The van der Waals surface area contributed by atoms with Gasteiger partial charge in [-0.25, -0.2) is 0 Å². The maximum Gasteiger partial charge on any atom is 0.0246 e. The minimum absolute atomic E-state index is 0.366. The highest BCUT2D eigenvalue weighted by Crippen LogP contribution is 2.40. The van der Waals surface area contributed by atoms with E-state index >= 15 is 0 Å². The van der Waals surface area contributed by atoms with Crippen LogP contribution in [-0.2, 0) is 0 Å². The van der Waals surface area contributed by atoms with Crippen molar-refractivity contribution in [2.45, 2.75) is 53.0 Å². The van der Waals surface area contributed by atoms with Crippen LogP contribution in [0.2, 0.25) is 0 Å². The lowest BCUT2D eigenvalue weighted by Gasteiger charge is -2.33. The topological polar surface area (TPSA) is 3.24 Å². The summed E-state index contributed by atoms with van der Waals surface area (Å²) in [5.41, 5.74) is 3.51. The Labute approximate surface area is 101 Å². The van der Waals surface area contributed by atoms with E-state index in [1.807, 2.05) is 0 Å². The van der Waals surface area contributed by atoms with Gasteiger partial charge < -0.3 is 4.90 Å². The first kappa shape index (κ1) is 13.5. The van der Waals surface area contributed by atoms with Crippen LogP contribution in [0.15, 0.2) is 23.3 Å². The molecule has 92 valence electrons. The Hall–Kier alpha value is -0.560. The second kappa shape index (κ2) is 5.18. The van der Waals surface area contributed by atoms with Crippen molar-refractivity contribution in [2.75, 3.05) is 14.1 Å². The fourth-order valence-electron chi connectivity index (χ4n) is 2.42. The van der Waals surface area contributed by atoms with Crippen LogP contribution in [0.5, 0.6) is 0 Å². The van der Waals surface area contributed by atoms with Gasteiger partial charge in [0.05, 0.1) is 0 Å². The second-order valence-electron chi connectivity index (χ2n) is 5.99. The molecule has 0 heterocycles. The summed E-state index contributed by atoms with van der Waals surface area (Å²) in [6.07, 6.45) is 8.63. The molecule has 0 saturated heterocycles. The summed E-state index contributed by atoms with van der Waals surface area (Å²) >= 11 is 0. The quantitative estimate of drug-likeness (QED) is 0.696. The van der Waals surface area contributed by atoms with Crippen molar-refractivity contribution in [3.8, 4) is 0 Å². The van der Waals surface area contributed by atoms with E-state index in [-0.39, 0.29) is 0 Å². The summed E-state index contributed by atoms with van der Waals surface area (Å²) in [6, 6.07) is 0.512. The van der Waals surface area contributed by atoms with Gasteiger partial charge in [0, 0.05) is 6.04 Å². The molecule has 16 heavy (non-hydrogen) atoms. The van der Waals surface area contributed by atoms with Crippen molar-refractivity contribution >= 4 is 0 Å². The molecular formula is C15H27N. The first-order valence-corrected chi connectivity index (χ1v) is 6.39. The van der Waals surface area contributed by atoms with E-state index in [9.17, 15) is 0 Å². The summed E-state index contributed by atoms with van der Waals surface area (Å²) < 4.78 is 0. The molecule has 0 aromatic heterocycles. The molecule has 0 aromatic carbocycles. The Morgan fingerprint density at radius 3 is 2.44 bits per heavy atom. The molecule has 0 spiro atoms. The lowest BCUT2D eigenvalue weighted by molar-refractivity contribution is 0.359. The van der Waals surface area contributed by atoms with E-state index < -0.39 is 0 Å². The van der Waals surface area contributed by atoms with Gasteiger partial charge >= 0.3 is 0 Å². The molecular weight excluding hydrogens is 194 g/mol. The van der Waals surface area contributed by atoms with Gasteiger partial charge in [0.15, 0.2) is 0 Å². The highest BCUT2D eigenvalue weighted by molar-refractivity contribution is 5.33. The number of allylic oxidation sites excluding steroid dienone is 3. The summed E-state index contributed by atoms with van der Waals surface area (Å²) in [7, 11) is 4.25. The fourth-order valence-corrected chi connectivity index (χ4v) is 2.42. The predicted molar refractivity (Wildman–Crippen MR) is 72.6 cm³/mol. The molecule has 1 atom stereocenters. The summed E-state index contributed by atoms with van der Waals surface area (Å²) in [4.78, 5) is 2.24. The molecule has 1 unspecified atom stereocenters. The maximum absolute atomic E-state index is 2.37. The van der Waals surface area contributed by atoms with Crippen LogP contribution in [0.3, 0.4) is 0 Å². The van der Waals surface area contributed by atoms with Crippen LogP contribution in [0, 0.1) is 5.41 Å². The van der Waals surface area contributed by atoms with Crippen LogP contribution in [-0.4, -0.2) is 25.0 Å². The minimum Gasteiger partial charge on any atom is -0.303 e. The van der Waals surface area contributed by atoms with Gasteiger partial charge in [-0.3, -0.25) is 0 Å². The van der Waals surface area contributed by atoms with Crippen molar-refractivity contribution in [1.29, 1.82) is 0 Å². The van der Waals surface area contributed by atoms with E-state index in [0.717, 1.165) is 0 Å². The molecule has 0 saturated carbocycles. The number of likely N-dealkylation sites (N-methyl/N-ethyl adjacent to an activating group) is 1. The molecule has 1 heteroatoms. The summed E-state index contributed by atoms with van der Waals surface area (Å²) in [5.74, 6) is 0. The van der Waals surface area contributed by atoms with Crippen LogP contribution in [0.1, 0.15) is 47.0 Å². The Balaban J connectivity index is 2.85. The monoisotopic (exact) mass is 221 g/mol. The van der Waals surface area contributed by atoms with Crippen LogP contribution >= 0.6 is 0 Å². The van der Waals surface area contributed by atoms with Gasteiger partial charge in [-0.05, 0) is 58.2 Å². The van der Waals surface area contributed by atoms with Gasteiger partial charge in [0.2, 0.25) is 0 Å². The highest BCUT2D eigenvalue weighted by atomic mass is 15.1.